The lowest BCUT2D eigenvalue weighted by molar-refractivity contribution is -0.145. The smallest absolute Gasteiger partial charge is 0.305 e. The largest absolute Gasteiger partial charge is 0.491 e. The lowest BCUT2D eigenvalue weighted by Gasteiger charge is -2.09. The second-order valence-corrected chi connectivity index (χ2v) is 12.3. The van der Waals surface area contributed by atoms with Gasteiger partial charge in [-0.1, -0.05) is 83.8 Å². The van der Waals surface area contributed by atoms with Crippen LogP contribution in [0.1, 0.15) is 96.5 Å². The number of hydrogen-bond donors (Lipinski definition) is 0. The van der Waals surface area contributed by atoms with Crippen molar-refractivity contribution >= 4 is 5.97 Å². The van der Waals surface area contributed by atoms with Crippen LogP contribution in [0, 0.1) is 0 Å². The number of carbonyl (C=O) groups excluding carboxylic acids is 1. The van der Waals surface area contributed by atoms with Crippen LogP contribution in [0.25, 0.3) is 0 Å². The highest BCUT2D eigenvalue weighted by atomic mass is 16.6. The molecule has 0 aliphatic rings. The standard InChI is InChI=1S/C40H72O11/c1-3-5-7-9-10-11-12-14-38-16-18-39(19-17-38)50-36-34-48-32-30-46-28-26-44-24-22-42-20-21-43-23-25-45-27-29-47-31-33-49-35-37-51-40(41)15-13-8-6-4-2/h16-19H,3-15,20-37H2,1-2H3. The second-order valence-electron chi connectivity index (χ2n) is 12.3. The first-order valence-electron chi connectivity index (χ1n) is 19.8. The highest BCUT2D eigenvalue weighted by Crippen LogP contribution is 2.15. The lowest BCUT2D eigenvalue weighted by atomic mass is 10.0. The van der Waals surface area contributed by atoms with Crippen molar-refractivity contribution in [3.8, 4) is 5.75 Å². The van der Waals surface area contributed by atoms with Crippen molar-refractivity contribution in [3.05, 3.63) is 29.8 Å². The number of unbranched alkanes of at least 4 members (excludes halogenated alkanes) is 9. The van der Waals surface area contributed by atoms with Crippen molar-refractivity contribution in [1.82, 2.24) is 0 Å². The van der Waals surface area contributed by atoms with Gasteiger partial charge < -0.3 is 47.4 Å². The Kier molecular flexibility index (Phi) is 36.4. The van der Waals surface area contributed by atoms with Gasteiger partial charge in [0.15, 0.2) is 0 Å². The van der Waals surface area contributed by atoms with Crippen LogP contribution >= 0.6 is 0 Å². The topological polar surface area (TPSA) is 109 Å². The van der Waals surface area contributed by atoms with Crippen molar-refractivity contribution in [3.63, 3.8) is 0 Å². The SMILES string of the molecule is CCCCCCCCCc1ccc(OCCOCCOCCOCCOCCOCCOCCOCCOCCOC(=O)CCCCCC)cc1. The van der Waals surface area contributed by atoms with Crippen LogP contribution in [0.4, 0.5) is 0 Å². The zero-order chi connectivity index (χ0) is 36.6. The van der Waals surface area contributed by atoms with E-state index in [4.69, 9.17) is 47.4 Å². The molecule has 0 unspecified atom stereocenters. The highest BCUT2D eigenvalue weighted by molar-refractivity contribution is 5.69. The molecule has 11 heteroatoms. The zero-order valence-corrected chi connectivity index (χ0v) is 32.2. The summed E-state index contributed by atoms with van der Waals surface area (Å²) in [6, 6.07) is 8.45. The molecule has 0 saturated carbocycles. The van der Waals surface area contributed by atoms with Gasteiger partial charge in [-0.15, -0.1) is 0 Å². The molecule has 1 aromatic carbocycles. The highest BCUT2D eigenvalue weighted by Gasteiger charge is 2.02. The quantitative estimate of drug-likeness (QED) is 0.0514. The summed E-state index contributed by atoms with van der Waals surface area (Å²) in [5, 5.41) is 0. The molecule has 0 spiro atoms. The fraction of sp³-hybridized carbons (Fsp3) is 0.825. The van der Waals surface area contributed by atoms with E-state index in [1.54, 1.807) is 0 Å². The Balaban J connectivity index is 1.71. The van der Waals surface area contributed by atoms with Gasteiger partial charge >= 0.3 is 5.97 Å². The molecule has 0 N–H and O–H groups in total. The number of ether oxygens (including phenoxy) is 10. The Morgan fingerprint density at radius 3 is 1.20 bits per heavy atom. The van der Waals surface area contributed by atoms with Crippen LogP contribution in [0.15, 0.2) is 24.3 Å². The third-order valence-corrected chi connectivity index (χ3v) is 7.82. The van der Waals surface area contributed by atoms with Gasteiger partial charge in [-0.2, -0.15) is 0 Å². The predicted octanol–water partition coefficient (Wildman–Crippen LogP) is 7.00. The molecular weight excluding hydrogens is 656 g/mol. The molecule has 0 aliphatic carbocycles. The maximum atomic E-state index is 11.6. The Morgan fingerprint density at radius 1 is 0.412 bits per heavy atom. The zero-order valence-electron chi connectivity index (χ0n) is 32.2. The molecule has 0 saturated heterocycles. The molecule has 51 heavy (non-hydrogen) atoms. The van der Waals surface area contributed by atoms with E-state index < -0.39 is 0 Å². The van der Waals surface area contributed by atoms with Crippen molar-refractivity contribution in [2.45, 2.75) is 97.3 Å². The minimum atomic E-state index is -0.149. The number of esters is 1. The monoisotopic (exact) mass is 729 g/mol. The molecule has 298 valence electrons. The summed E-state index contributed by atoms with van der Waals surface area (Å²) < 4.78 is 54.9. The molecule has 0 aliphatic heterocycles. The molecule has 0 atom stereocenters. The van der Waals surface area contributed by atoms with Crippen molar-refractivity contribution in [1.29, 1.82) is 0 Å². The summed E-state index contributed by atoms with van der Waals surface area (Å²) in [5.41, 5.74) is 1.38. The van der Waals surface area contributed by atoms with E-state index in [2.05, 4.69) is 38.1 Å². The summed E-state index contributed by atoms with van der Waals surface area (Å²) in [6.45, 7) is 13.2. The molecule has 0 amide bonds. The van der Waals surface area contributed by atoms with Gasteiger partial charge in [0.05, 0.1) is 106 Å². The van der Waals surface area contributed by atoms with Gasteiger partial charge in [0.1, 0.15) is 19.0 Å². The maximum Gasteiger partial charge on any atom is 0.305 e. The van der Waals surface area contributed by atoms with Crippen molar-refractivity contribution < 1.29 is 52.2 Å². The van der Waals surface area contributed by atoms with E-state index in [1.807, 2.05) is 0 Å². The van der Waals surface area contributed by atoms with Gasteiger partial charge in [0.25, 0.3) is 0 Å². The Hall–Kier alpha value is -1.83. The summed E-state index contributed by atoms with van der Waals surface area (Å²) in [4.78, 5) is 11.6. The number of aryl methyl sites for hydroxylation is 1. The maximum absolute atomic E-state index is 11.6. The van der Waals surface area contributed by atoms with Crippen LogP contribution in [0.2, 0.25) is 0 Å². The van der Waals surface area contributed by atoms with Crippen LogP contribution in [-0.2, 0) is 53.8 Å². The number of carbonyl (C=O) groups is 1. The Bertz CT molecular complexity index is 840. The van der Waals surface area contributed by atoms with Gasteiger partial charge in [0.2, 0.25) is 0 Å². The number of rotatable bonds is 41. The van der Waals surface area contributed by atoms with E-state index in [-0.39, 0.29) is 12.6 Å². The third-order valence-electron chi connectivity index (χ3n) is 7.82. The van der Waals surface area contributed by atoms with E-state index in [0.29, 0.717) is 119 Å². The fourth-order valence-electron chi connectivity index (χ4n) is 4.88. The summed E-state index contributed by atoms with van der Waals surface area (Å²) in [7, 11) is 0. The van der Waals surface area contributed by atoms with Gasteiger partial charge in [0, 0.05) is 6.42 Å². The molecule has 0 fully saturated rings. The van der Waals surface area contributed by atoms with Crippen LogP contribution in [0.3, 0.4) is 0 Å². The molecule has 0 aromatic heterocycles. The lowest BCUT2D eigenvalue weighted by Crippen LogP contribution is -2.15. The molecule has 11 nitrogen and oxygen atoms in total. The van der Waals surface area contributed by atoms with E-state index in [9.17, 15) is 4.79 Å². The van der Waals surface area contributed by atoms with E-state index in [0.717, 1.165) is 37.9 Å². The summed E-state index contributed by atoms with van der Waals surface area (Å²) in [6.07, 6.45) is 15.3. The minimum Gasteiger partial charge on any atom is -0.491 e. The third kappa shape index (κ3) is 35.0. The van der Waals surface area contributed by atoms with Crippen LogP contribution in [0.5, 0.6) is 5.75 Å². The van der Waals surface area contributed by atoms with Gasteiger partial charge in [-0.3, -0.25) is 4.79 Å². The van der Waals surface area contributed by atoms with E-state index >= 15 is 0 Å². The molecule has 0 bridgehead atoms. The fourth-order valence-corrected chi connectivity index (χ4v) is 4.88. The number of benzene rings is 1. The van der Waals surface area contributed by atoms with Crippen LogP contribution < -0.4 is 4.74 Å². The molecule has 0 heterocycles. The predicted molar refractivity (Wildman–Crippen MR) is 200 cm³/mol. The van der Waals surface area contributed by atoms with Crippen molar-refractivity contribution in [2.24, 2.45) is 0 Å². The first-order chi connectivity index (χ1) is 25.3. The van der Waals surface area contributed by atoms with Crippen LogP contribution in [-0.4, -0.2) is 125 Å². The van der Waals surface area contributed by atoms with Gasteiger partial charge in [-0.05, 0) is 37.0 Å². The summed E-state index contributed by atoms with van der Waals surface area (Å²) in [5.74, 6) is 0.736. The van der Waals surface area contributed by atoms with Gasteiger partial charge in [-0.25, -0.2) is 0 Å². The first-order valence-corrected chi connectivity index (χ1v) is 19.8. The van der Waals surface area contributed by atoms with E-state index in [1.165, 1.54) is 50.5 Å². The summed E-state index contributed by atoms with van der Waals surface area (Å²) >= 11 is 0. The molecule has 1 rings (SSSR count). The second kappa shape index (κ2) is 39.4. The minimum absolute atomic E-state index is 0.149. The Labute approximate surface area is 309 Å². The van der Waals surface area contributed by atoms with Crippen molar-refractivity contribution in [2.75, 3.05) is 119 Å². The first kappa shape index (κ1) is 47.2. The molecular formula is C40H72O11. The molecule has 1 aromatic rings. The average molecular weight is 729 g/mol. The average Bonchev–Trinajstić information content (AvgIpc) is 3.14. The molecule has 0 radical (unpaired) electrons. The number of hydrogen-bond acceptors (Lipinski definition) is 11. The Morgan fingerprint density at radius 2 is 0.765 bits per heavy atom. The normalized spacial score (nSPS) is 11.3.